The minimum Gasteiger partial charge on any atom is -0.453 e. The summed E-state index contributed by atoms with van der Waals surface area (Å²) in [6.45, 7) is 6.17. The highest BCUT2D eigenvalue weighted by molar-refractivity contribution is 6.28. The summed E-state index contributed by atoms with van der Waals surface area (Å²) in [6, 6.07) is 169. The van der Waals surface area contributed by atoms with E-state index in [0.29, 0.717) is 0 Å². The average Bonchev–Trinajstić information content (AvgIpc) is 1.64. The Bertz CT molecular complexity index is 10400. The molecule has 9 heteroatoms. The molecule has 25 aromatic carbocycles. The Hall–Kier alpha value is -19.1. The van der Waals surface area contributed by atoms with Crippen molar-refractivity contribution in [1.29, 1.82) is 0 Å². The quantitative estimate of drug-likeness (QED) is 0.134. The van der Waals surface area contributed by atoms with Crippen LogP contribution < -0.4 is 14.2 Å². The molecule has 3 aliphatic rings. The second kappa shape index (κ2) is 33.0. The first-order valence-corrected chi connectivity index (χ1v) is 49.6. The molecular formula is C136H86N6O3. The number of imidazole rings is 3. The molecule has 0 saturated carbocycles. The molecular weight excluding hydrogens is 1770 g/mol. The lowest BCUT2D eigenvalue weighted by Crippen LogP contribution is -2.05. The maximum absolute atomic E-state index is 6.57. The fourth-order valence-electron chi connectivity index (χ4n) is 23.7. The van der Waals surface area contributed by atoms with Crippen LogP contribution in [0.15, 0.2) is 467 Å². The molecule has 0 unspecified atom stereocenters. The van der Waals surface area contributed by atoms with Gasteiger partial charge in [-0.3, -0.25) is 13.7 Å². The van der Waals surface area contributed by atoms with E-state index >= 15 is 0 Å². The number of hydrogen-bond donors (Lipinski definition) is 0. The van der Waals surface area contributed by atoms with Gasteiger partial charge in [0.05, 0.1) is 33.6 Å². The van der Waals surface area contributed by atoms with E-state index in [1.54, 1.807) is 0 Å². The summed E-state index contributed by atoms with van der Waals surface area (Å²) in [5.41, 5.74) is 30.6. The number of ether oxygens (including phenoxy) is 3. The summed E-state index contributed by atoms with van der Waals surface area (Å²) < 4.78 is 26.2. The molecule has 3 aromatic heterocycles. The number of para-hydroxylation sites is 3. The summed E-state index contributed by atoms with van der Waals surface area (Å²) >= 11 is 0. The third-order valence-corrected chi connectivity index (χ3v) is 30.1. The fourth-order valence-corrected chi connectivity index (χ4v) is 23.7. The van der Waals surface area contributed by atoms with Gasteiger partial charge in [0.1, 0.15) is 34.0 Å². The first-order valence-electron chi connectivity index (χ1n) is 49.6. The van der Waals surface area contributed by atoms with Gasteiger partial charge in [0, 0.05) is 0 Å². The van der Waals surface area contributed by atoms with Crippen molar-refractivity contribution in [1.82, 2.24) is 28.7 Å². The number of aromatic nitrogens is 6. The van der Waals surface area contributed by atoms with Crippen molar-refractivity contribution in [2.45, 2.75) is 20.8 Å². The molecule has 9 nitrogen and oxygen atoms in total. The third kappa shape index (κ3) is 13.4. The molecule has 0 saturated heterocycles. The van der Waals surface area contributed by atoms with E-state index in [1.807, 2.05) is 54.6 Å². The Morgan fingerprint density at radius 2 is 0.414 bits per heavy atom. The molecule has 0 N–H and O–H groups in total. The monoisotopic (exact) mass is 1850 g/mol. The Kier molecular flexibility index (Phi) is 18.9. The Labute approximate surface area is 834 Å². The Balaban J connectivity index is 0.000000104. The van der Waals surface area contributed by atoms with Gasteiger partial charge in [-0.25, -0.2) is 15.0 Å². The minimum atomic E-state index is 0.831. The largest absolute Gasteiger partial charge is 0.453 e. The first kappa shape index (κ1) is 82.9. The number of rotatable bonds is 9. The molecule has 0 radical (unpaired) electrons. The fraction of sp³-hybridized carbons (Fsp3) is 0.0221. The Morgan fingerprint density at radius 3 is 0.793 bits per heavy atom. The summed E-state index contributed by atoms with van der Waals surface area (Å²) in [5, 5.41) is 24.8. The van der Waals surface area contributed by atoms with E-state index in [1.165, 1.54) is 174 Å². The Morgan fingerprint density at radius 1 is 0.159 bits per heavy atom. The van der Waals surface area contributed by atoms with Crippen LogP contribution in [-0.4, -0.2) is 28.7 Å². The smallest absolute Gasteiger partial charge is 0.153 e. The number of fused-ring (bicyclic) bond motifs is 16. The molecule has 0 spiro atoms. The van der Waals surface area contributed by atoms with Gasteiger partial charge in [-0.15, -0.1) is 0 Å². The average molecular weight is 1850 g/mol. The van der Waals surface area contributed by atoms with Gasteiger partial charge < -0.3 is 14.2 Å². The van der Waals surface area contributed by atoms with Gasteiger partial charge in [0.15, 0.2) is 34.5 Å². The summed E-state index contributed by atoms with van der Waals surface area (Å²) in [5.74, 6) is 7.87. The molecule has 678 valence electrons. The second-order valence-corrected chi connectivity index (χ2v) is 38.3. The van der Waals surface area contributed by atoms with Gasteiger partial charge >= 0.3 is 0 Å². The molecule has 0 fully saturated rings. The van der Waals surface area contributed by atoms with E-state index in [4.69, 9.17) is 29.2 Å². The van der Waals surface area contributed by atoms with Crippen LogP contribution in [0.5, 0.6) is 34.5 Å². The van der Waals surface area contributed by atoms with E-state index in [0.717, 1.165) is 136 Å². The van der Waals surface area contributed by atoms with E-state index in [-0.39, 0.29) is 0 Å². The predicted octanol–water partition coefficient (Wildman–Crippen LogP) is 36.9. The van der Waals surface area contributed by atoms with Crippen LogP contribution in [0.4, 0.5) is 0 Å². The SMILES string of the molecule is Cc1nc2cccc3c2n1-c1ccc(-c2ccc4c(-c5ccc6ccccc6c5)c5ccccc5c(-c5ccc6ccccc6c5)c4c2)cc1O3.Cc1nc2cccc3c2n1-c1ccc(-c2ccc4c(-c5cccc6ccccc56)c5ccccc5c(-c5cccc6ccccc56)c4c2)cc1O3.Cc1nc2cccc3c2n1-c1ccc(-c2ccc4c(-c5ccccc5)c5ccccc5c(-c5ccccc5)c4c2)cc1O3. The zero-order chi connectivity index (χ0) is 95.8. The maximum atomic E-state index is 6.57. The lowest BCUT2D eigenvalue weighted by molar-refractivity contribution is 0.475. The summed E-state index contributed by atoms with van der Waals surface area (Å²) in [4.78, 5) is 14.4. The van der Waals surface area contributed by atoms with E-state index in [2.05, 4.69) is 447 Å². The van der Waals surface area contributed by atoms with E-state index in [9.17, 15) is 0 Å². The van der Waals surface area contributed by atoms with Crippen molar-refractivity contribution in [3.05, 3.63) is 485 Å². The van der Waals surface area contributed by atoms with Crippen molar-refractivity contribution >= 4 is 141 Å². The molecule has 0 amide bonds. The molecule has 0 atom stereocenters. The third-order valence-electron chi connectivity index (χ3n) is 30.1. The van der Waals surface area contributed by atoms with Crippen LogP contribution >= 0.6 is 0 Å². The summed E-state index contributed by atoms with van der Waals surface area (Å²) in [7, 11) is 0. The number of nitrogens with zero attached hydrogens (tertiary/aromatic N) is 6. The molecule has 31 rings (SSSR count). The zero-order valence-electron chi connectivity index (χ0n) is 79.4. The minimum absolute atomic E-state index is 0.831. The molecule has 28 aromatic rings. The van der Waals surface area contributed by atoms with Crippen LogP contribution in [0.2, 0.25) is 0 Å². The highest BCUT2D eigenvalue weighted by Crippen LogP contribution is 2.55. The number of hydrogen-bond acceptors (Lipinski definition) is 6. The van der Waals surface area contributed by atoms with Crippen molar-refractivity contribution < 1.29 is 14.2 Å². The standard InChI is InChI=1S/2C48H30N2O.C40H26N2O/c1-29-49-42-21-10-22-44-48(42)50(29)43-26-24-33(28-45(43)51-44)32-23-25-40-41(27-32)47(37-20-9-14-31-12-3-5-16-35(31)37)39-18-7-6-17-38(39)46(40)36-19-8-13-30-11-2-4-15-34(30)36;1-29-49-42-15-8-16-44-48(42)50(29)43-24-22-35(28-45(43)51-44)34-21-23-40-41(27-34)47(37-20-18-31-10-3-5-12-33(31)26-37)39-14-7-6-13-38(39)46(40)36-19-17-30-9-2-4-11-32(30)25-36;1-25-41-34-17-10-18-36-40(34)42(25)35-22-20-29(24-37(35)43-36)28-19-21-32-33(23-28)39(27-13-6-3-7-14-27)31-16-9-8-15-30(31)38(32)26-11-4-2-5-12-26/h2*2-28H,1H3;2-24H,1H3. The topological polar surface area (TPSA) is 81.1 Å². The summed E-state index contributed by atoms with van der Waals surface area (Å²) in [6.07, 6.45) is 0. The van der Waals surface area contributed by atoms with Crippen molar-refractivity contribution in [2.24, 2.45) is 0 Å². The molecule has 145 heavy (non-hydrogen) atoms. The predicted molar refractivity (Wildman–Crippen MR) is 602 cm³/mol. The zero-order valence-corrected chi connectivity index (χ0v) is 79.4. The van der Waals surface area contributed by atoms with Gasteiger partial charge in [-0.05, 0) is 332 Å². The first-order chi connectivity index (χ1) is 71.6. The van der Waals surface area contributed by atoms with Gasteiger partial charge in [0.25, 0.3) is 0 Å². The molecule has 6 heterocycles. The van der Waals surface area contributed by atoms with Crippen LogP contribution in [0.1, 0.15) is 17.5 Å². The van der Waals surface area contributed by atoms with Crippen molar-refractivity contribution in [2.75, 3.05) is 0 Å². The van der Waals surface area contributed by atoms with Crippen LogP contribution in [0.3, 0.4) is 0 Å². The van der Waals surface area contributed by atoms with E-state index < -0.39 is 0 Å². The molecule has 0 aliphatic carbocycles. The lowest BCUT2D eigenvalue weighted by atomic mass is 9.83. The van der Waals surface area contributed by atoms with Crippen LogP contribution in [0.25, 0.3) is 258 Å². The number of aryl methyl sites for hydroxylation is 3. The lowest BCUT2D eigenvalue weighted by Gasteiger charge is -2.22. The van der Waals surface area contributed by atoms with Gasteiger partial charge in [-0.1, -0.05) is 364 Å². The van der Waals surface area contributed by atoms with Crippen LogP contribution in [0, 0.1) is 20.8 Å². The second-order valence-electron chi connectivity index (χ2n) is 38.3. The van der Waals surface area contributed by atoms with Crippen molar-refractivity contribution in [3.8, 4) is 152 Å². The molecule has 3 aliphatic heterocycles. The number of benzene rings is 25. The highest BCUT2D eigenvalue weighted by Gasteiger charge is 2.31. The molecule has 0 bridgehead atoms. The normalized spacial score (nSPS) is 12.1. The van der Waals surface area contributed by atoms with Crippen molar-refractivity contribution in [3.63, 3.8) is 0 Å². The van der Waals surface area contributed by atoms with Gasteiger partial charge in [-0.2, -0.15) is 0 Å². The maximum Gasteiger partial charge on any atom is 0.153 e. The van der Waals surface area contributed by atoms with Gasteiger partial charge in [0.2, 0.25) is 0 Å². The highest BCUT2D eigenvalue weighted by atomic mass is 16.5. The van der Waals surface area contributed by atoms with Crippen LogP contribution in [-0.2, 0) is 0 Å².